The summed E-state index contributed by atoms with van der Waals surface area (Å²) in [7, 11) is 1.94. The zero-order chi connectivity index (χ0) is 19.7. The Morgan fingerprint density at radius 1 is 0.724 bits per heavy atom. The maximum Gasteiger partial charge on any atom is 0.241 e. The lowest BCUT2D eigenvalue weighted by Crippen LogP contribution is -2.29. The molecule has 0 spiro atoms. The lowest BCUT2D eigenvalue weighted by atomic mass is 9.89. The normalized spacial score (nSPS) is 13.1. The quantitative estimate of drug-likeness (QED) is 0.300. The van der Waals surface area contributed by atoms with E-state index in [1.165, 1.54) is 0 Å². The highest BCUT2D eigenvalue weighted by molar-refractivity contribution is 6.29. The molecule has 5 aromatic rings. The topological polar surface area (TPSA) is 76.7 Å². The highest BCUT2D eigenvalue weighted by Crippen LogP contribution is 2.33. The van der Waals surface area contributed by atoms with Gasteiger partial charge in [-0.1, -0.05) is 24.3 Å². The highest BCUT2D eigenvalue weighted by atomic mass is 16.1. The van der Waals surface area contributed by atoms with Gasteiger partial charge in [-0.05, 0) is 18.2 Å². The van der Waals surface area contributed by atoms with Gasteiger partial charge in [-0.25, -0.2) is 15.0 Å². The Morgan fingerprint density at radius 2 is 1.34 bits per heavy atom. The third-order valence-corrected chi connectivity index (χ3v) is 5.46. The molecular weight excluding hydrogens is 364 g/mol. The average Bonchev–Trinajstić information content (AvgIpc) is 2.77. The van der Waals surface area contributed by atoms with E-state index in [4.69, 9.17) is 4.98 Å². The molecule has 0 saturated heterocycles. The number of nitrogens with zero attached hydrogens (tertiary/aromatic N) is 4. The summed E-state index contributed by atoms with van der Waals surface area (Å²) in [5.41, 5.74) is 3.80. The number of aromatic nitrogens is 4. The molecule has 1 aliphatic rings. The number of carbonyl (C=O) groups excluding carboxylic acids is 2. The third kappa shape index (κ3) is 2.00. The molecule has 0 fully saturated rings. The van der Waals surface area contributed by atoms with Gasteiger partial charge in [0.25, 0.3) is 0 Å². The van der Waals surface area contributed by atoms with Crippen LogP contribution >= 0.6 is 0 Å². The van der Waals surface area contributed by atoms with Gasteiger partial charge in [0, 0.05) is 28.8 Å². The van der Waals surface area contributed by atoms with Crippen molar-refractivity contribution in [2.24, 2.45) is 7.05 Å². The molecule has 6 rings (SSSR count). The van der Waals surface area contributed by atoms with E-state index in [0.717, 1.165) is 21.8 Å². The Kier molecular flexibility index (Phi) is 3.01. The summed E-state index contributed by atoms with van der Waals surface area (Å²) in [6.07, 6.45) is 3.68. The van der Waals surface area contributed by atoms with E-state index in [9.17, 15) is 9.59 Å². The first-order chi connectivity index (χ1) is 14.1. The van der Waals surface area contributed by atoms with Gasteiger partial charge < -0.3 is 0 Å². The van der Waals surface area contributed by atoms with Crippen LogP contribution in [0.2, 0.25) is 0 Å². The van der Waals surface area contributed by atoms with Crippen molar-refractivity contribution < 1.29 is 14.2 Å². The van der Waals surface area contributed by atoms with Crippen molar-refractivity contribution in [1.29, 1.82) is 0 Å². The second kappa shape index (κ2) is 5.48. The molecule has 3 heterocycles. The molecule has 0 radical (unpaired) electrons. The predicted octanol–water partition coefficient (Wildman–Crippen LogP) is 2.93. The van der Waals surface area contributed by atoms with Crippen LogP contribution in [-0.4, -0.2) is 26.5 Å². The number of hydrogen-bond donors (Lipinski definition) is 0. The Morgan fingerprint density at radius 3 is 2.03 bits per heavy atom. The third-order valence-electron chi connectivity index (χ3n) is 5.46. The van der Waals surface area contributed by atoms with E-state index in [1.807, 2.05) is 42.1 Å². The lowest BCUT2D eigenvalue weighted by molar-refractivity contribution is -0.644. The van der Waals surface area contributed by atoms with Crippen LogP contribution in [-0.2, 0) is 7.05 Å². The summed E-state index contributed by atoms with van der Waals surface area (Å²) < 4.78 is 1.98. The Hall–Kier alpha value is -4.06. The molecule has 0 bridgehead atoms. The zero-order valence-electron chi connectivity index (χ0n) is 15.4. The molecule has 0 atom stereocenters. The molecule has 0 unspecified atom stereocenters. The number of ketones is 2. The van der Waals surface area contributed by atoms with Gasteiger partial charge in [-0.2, -0.15) is 4.57 Å². The summed E-state index contributed by atoms with van der Waals surface area (Å²) in [5, 5.41) is 1.64. The van der Waals surface area contributed by atoms with Crippen molar-refractivity contribution in [2.75, 3.05) is 0 Å². The first-order valence-electron chi connectivity index (χ1n) is 9.20. The van der Waals surface area contributed by atoms with Crippen molar-refractivity contribution in [3.05, 3.63) is 83.4 Å². The van der Waals surface area contributed by atoms with Crippen molar-refractivity contribution in [3.8, 4) is 0 Å². The molecule has 6 nitrogen and oxygen atoms in total. The van der Waals surface area contributed by atoms with Crippen LogP contribution in [0.1, 0.15) is 32.1 Å². The summed E-state index contributed by atoms with van der Waals surface area (Å²) in [5.74, 6) is -0.551. The maximum absolute atomic E-state index is 13.1. The zero-order valence-corrected chi connectivity index (χ0v) is 15.4. The van der Waals surface area contributed by atoms with Gasteiger partial charge in [0.15, 0.2) is 6.20 Å². The van der Waals surface area contributed by atoms with Crippen molar-refractivity contribution in [3.63, 3.8) is 0 Å². The van der Waals surface area contributed by atoms with Crippen LogP contribution < -0.4 is 4.57 Å². The molecule has 0 aliphatic heterocycles. The average molecular weight is 377 g/mol. The van der Waals surface area contributed by atoms with Crippen molar-refractivity contribution in [1.82, 2.24) is 15.0 Å². The van der Waals surface area contributed by atoms with Gasteiger partial charge in [0.2, 0.25) is 17.1 Å². The summed E-state index contributed by atoms with van der Waals surface area (Å²) in [6.45, 7) is 0. The molecule has 2 aromatic carbocycles. The van der Waals surface area contributed by atoms with Crippen molar-refractivity contribution >= 4 is 44.4 Å². The summed E-state index contributed by atoms with van der Waals surface area (Å²) in [4.78, 5) is 40.1. The number of hydrogen-bond acceptors (Lipinski definition) is 5. The minimum absolute atomic E-state index is 0.103. The van der Waals surface area contributed by atoms with Gasteiger partial charge in [-0.3, -0.25) is 9.59 Å². The number of aryl methyl sites for hydroxylation is 1. The van der Waals surface area contributed by atoms with Crippen molar-refractivity contribution in [2.45, 2.75) is 0 Å². The van der Waals surface area contributed by atoms with Crippen LogP contribution in [0.4, 0.5) is 0 Å². The molecule has 3 aromatic heterocycles. The fraction of sp³-hybridized carbons (Fsp3) is 0.0435. The molecular formula is C23H13N4O2+. The molecule has 1 aliphatic carbocycles. The van der Waals surface area contributed by atoms with Crippen LogP contribution in [0.25, 0.3) is 32.8 Å². The predicted molar refractivity (Wildman–Crippen MR) is 107 cm³/mol. The SMILES string of the molecule is C[n+]1cccc2c3nc4c(nc3c3cccnc3c21)C(=O)c1ccccc1C4=O. The standard InChI is InChI=1S/C23H13N4O2/c1-27-11-5-9-15-17-16(14-8-4-10-24-18(14)21(15)27)25-19-20(26-17)23(29)13-7-3-2-6-12(13)22(19)28/h2-11H,1H3/q+1. The van der Waals surface area contributed by atoms with Gasteiger partial charge in [0.05, 0.1) is 5.39 Å². The van der Waals surface area contributed by atoms with Crippen LogP contribution in [0.15, 0.2) is 60.9 Å². The molecule has 0 saturated carbocycles. The summed E-state index contributed by atoms with van der Waals surface area (Å²) in [6, 6.07) is 14.4. The molecule has 6 heteroatoms. The monoisotopic (exact) mass is 377 g/mol. The number of rotatable bonds is 0. The fourth-order valence-corrected chi connectivity index (χ4v) is 4.14. The van der Waals surface area contributed by atoms with Crippen LogP contribution in [0.3, 0.4) is 0 Å². The second-order valence-corrected chi connectivity index (χ2v) is 7.10. The fourth-order valence-electron chi connectivity index (χ4n) is 4.14. The van der Waals surface area contributed by atoms with E-state index in [0.29, 0.717) is 22.2 Å². The van der Waals surface area contributed by atoms with Crippen LogP contribution in [0.5, 0.6) is 0 Å². The minimum Gasteiger partial charge on any atom is -0.287 e. The maximum atomic E-state index is 13.1. The lowest BCUT2D eigenvalue weighted by Gasteiger charge is -2.17. The first kappa shape index (κ1) is 15.9. The number of pyridine rings is 2. The van der Waals surface area contributed by atoms with Gasteiger partial charge >= 0.3 is 0 Å². The first-order valence-corrected chi connectivity index (χ1v) is 9.20. The smallest absolute Gasteiger partial charge is 0.241 e. The van der Waals surface area contributed by atoms with Gasteiger partial charge in [0.1, 0.15) is 35.0 Å². The highest BCUT2D eigenvalue weighted by Gasteiger charge is 2.33. The van der Waals surface area contributed by atoms with E-state index in [-0.39, 0.29) is 23.0 Å². The molecule has 0 N–H and O–H groups in total. The Labute approximate surface area is 164 Å². The number of carbonyl (C=O) groups is 2. The Balaban J connectivity index is 1.84. The van der Waals surface area contributed by atoms with Crippen LogP contribution in [0, 0.1) is 0 Å². The van der Waals surface area contributed by atoms with E-state index in [1.54, 1.807) is 30.5 Å². The largest absolute Gasteiger partial charge is 0.287 e. The summed E-state index contributed by atoms with van der Waals surface area (Å²) >= 11 is 0. The van der Waals surface area contributed by atoms with E-state index in [2.05, 4.69) is 9.97 Å². The second-order valence-electron chi connectivity index (χ2n) is 7.10. The Bertz CT molecular complexity index is 1560. The van der Waals surface area contributed by atoms with E-state index < -0.39 is 0 Å². The molecule has 29 heavy (non-hydrogen) atoms. The minimum atomic E-state index is -0.277. The molecule has 0 amide bonds. The number of benzene rings is 2. The number of fused-ring (bicyclic) bond motifs is 8. The molecule has 136 valence electrons. The van der Waals surface area contributed by atoms with Gasteiger partial charge in [-0.15, -0.1) is 0 Å². The van der Waals surface area contributed by atoms with E-state index >= 15 is 0 Å².